The number of esters is 1. The maximum Gasteiger partial charge on any atom is 0.335 e. The predicted molar refractivity (Wildman–Crippen MR) is 102 cm³/mol. The zero-order valence-electron chi connectivity index (χ0n) is 17.0. The molecule has 3 aliphatic carbocycles. The van der Waals surface area contributed by atoms with Gasteiger partial charge in [-0.2, -0.15) is 0 Å². The number of rotatable bonds is 3. The normalized spacial score (nSPS) is 38.8. The van der Waals surface area contributed by atoms with Gasteiger partial charge in [-0.05, 0) is 55.4 Å². The molecule has 1 fully saturated rings. The predicted octanol–water partition coefficient (Wildman–Crippen LogP) is 3.86. The molecule has 0 aromatic carbocycles. The van der Waals surface area contributed by atoms with Gasteiger partial charge in [0.1, 0.15) is 6.10 Å². The highest BCUT2D eigenvalue weighted by Gasteiger charge is 2.56. The van der Waals surface area contributed by atoms with Crippen LogP contribution in [0.25, 0.3) is 0 Å². The van der Waals surface area contributed by atoms with Gasteiger partial charge in [-0.1, -0.05) is 38.8 Å². The number of allylic oxidation sites excluding steroid dienone is 2. The van der Waals surface area contributed by atoms with Crippen LogP contribution < -0.4 is 0 Å². The first kappa shape index (κ1) is 20.1. The first-order valence-corrected chi connectivity index (χ1v) is 10.0. The van der Waals surface area contributed by atoms with Gasteiger partial charge >= 0.3 is 11.9 Å². The summed E-state index contributed by atoms with van der Waals surface area (Å²) in [5.74, 6) is -1.20. The molecule has 0 bridgehead atoms. The Morgan fingerprint density at radius 3 is 2.44 bits per heavy atom. The third-order valence-electron chi connectivity index (χ3n) is 7.36. The van der Waals surface area contributed by atoms with Crippen LogP contribution in [0.1, 0.15) is 66.7 Å². The minimum absolute atomic E-state index is 0.000257. The average molecular weight is 376 g/mol. The van der Waals surface area contributed by atoms with Gasteiger partial charge in [0.15, 0.2) is 0 Å². The van der Waals surface area contributed by atoms with E-state index in [1.54, 1.807) is 0 Å². The van der Waals surface area contributed by atoms with Crippen LogP contribution >= 0.6 is 0 Å². The van der Waals surface area contributed by atoms with Crippen molar-refractivity contribution < 1.29 is 24.5 Å². The Bertz CT molecular complexity index is 718. The van der Waals surface area contributed by atoms with E-state index in [1.165, 1.54) is 24.1 Å². The first-order valence-electron chi connectivity index (χ1n) is 10.0. The smallest absolute Gasteiger partial charge is 0.335 e. The second-order valence-electron chi connectivity index (χ2n) is 9.42. The molecule has 0 amide bonds. The molecular formula is C22H32O5. The summed E-state index contributed by atoms with van der Waals surface area (Å²) in [7, 11) is 0. The van der Waals surface area contributed by atoms with Crippen molar-refractivity contribution in [2.24, 2.45) is 22.7 Å². The molecule has 27 heavy (non-hydrogen) atoms. The summed E-state index contributed by atoms with van der Waals surface area (Å²) in [4.78, 5) is 23.5. The molecule has 3 aliphatic rings. The van der Waals surface area contributed by atoms with E-state index >= 15 is 0 Å². The lowest BCUT2D eigenvalue weighted by Crippen LogP contribution is -2.46. The van der Waals surface area contributed by atoms with Crippen LogP contribution in [0.2, 0.25) is 0 Å². The number of carbonyl (C=O) groups excluding carboxylic acids is 1. The molecule has 3 rings (SSSR count). The quantitative estimate of drug-likeness (QED) is 0.577. The number of carboxylic acids is 1. The molecule has 0 radical (unpaired) electrons. The van der Waals surface area contributed by atoms with Crippen LogP contribution in [-0.2, 0) is 14.3 Å². The Hall–Kier alpha value is -1.62. The SMILES string of the molecule is CC(=O)O[C@@H]1C[C@@H]2C3=C(C(C)C)CC[C@]3(C)CC[C@@]2(C)[C@@H](O)C=C1C(=O)O. The van der Waals surface area contributed by atoms with Gasteiger partial charge in [-0.3, -0.25) is 4.79 Å². The zero-order chi connectivity index (χ0) is 20.1. The maximum atomic E-state index is 11.8. The van der Waals surface area contributed by atoms with Gasteiger partial charge in [0.05, 0.1) is 11.7 Å². The largest absolute Gasteiger partial charge is 0.478 e. The summed E-state index contributed by atoms with van der Waals surface area (Å²) >= 11 is 0. The second kappa shape index (κ2) is 6.77. The highest BCUT2D eigenvalue weighted by molar-refractivity contribution is 5.88. The minimum Gasteiger partial charge on any atom is -0.478 e. The van der Waals surface area contributed by atoms with Gasteiger partial charge < -0.3 is 14.9 Å². The van der Waals surface area contributed by atoms with Gasteiger partial charge in [0.25, 0.3) is 0 Å². The van der Waals surface area contributed by atoms with Gasteiger partial charge in [0.2, 0.25) is 0 Å². The Morgan fingerprint density at radius 2 is 1.89 bits per heavy atom. The fraction of sp³-hybridized carbons (Fsp3) is 0.727. The summed E-state index contributed by atoms with van der Waals surface area (Å²) in [6.07, 6.45) is 4.14. The fourth-order valence-corrected chi connectivity index (χ4v) is 5.69. The van der Waals surface area contributed by atoms with Crippen LogP contribution in [0, 0.1) is 22.7 Å². The van der Waals surface area contributed by atoms with Crippen molar-refractivity contribution in [1.29, 1.82) is 0 Å². The van der Waals surface area contributed by atoms with E-state index in [-0.39, 0.29) is 16.9 Å². The zero-order valence-corrected chi connectivity index (χ0v) is 17.0. The Labute approximate surface area is 161 Å². The summed E-state index contributed by atoms with van der Waals surface area (Å²) in [5.41, 5.74) is 2.48. The molecule has 150 valence electrons. The lowest BCUT2D eigenvalue weighted by Gasteiger charge is -2.51. The number of aliphatic hydroxyl groups excluding tert-OH is 1. The highest BCUT2D eigenvalue weighted by Crippen LogP contribution is 2.63. The van der Waals surface area contributed by atoms with Gasteiger partial charge in [-0.15, -0.1) is 0 Å². The Balaban J connectivity index is 2.14. The van der Waals surface area contributed by atoms with E-state index < -0.39 is 29.6 Å². The molecule has 2 N–H and O–H groups in total. The van der Waals surface area contributed by atoms with E-state index in [2.05, 4.69) is 27.7 Å². The molecule has 0 saturated heterocycles. The molecule has 0 aromatic heterocycles. The maximum absolute atomic E-state index is 11.8. The van der Waals surface area contributed by atoms with Crippen LogP contribution in [0.15, 0.2) is 22.8 Å². The molecule has 0 unspecified atom stereocenters. The number of carbonyl (C=O) groups is 2. The van der Waals surface area contributed by atoms with Crippen LogP contribution in [0.3, 0.4) is 0 Å². The molecular weight excluding hydrogens is 344 g/mol. The van der Waals surface area contributed by atoms with Gasteiger partial charge in [-0.25, -0.2) is 4.79 Å². The van der Waals surface area contributed by atoms with Crippen LogP contribution in [0.5, 0.6) is 0 Å². The number of hydrogen-bond donors (Lipinski definition) is 2. The standard InChI is InChI=1S/C22H32O5/c1-12(2)14-6-7-21(4)8-9-22(5)16(19(14)21)11-17(27-13(3)23)15(20(25)26)10-18(22)24/h10,12,16-18,24H,6-9,11H2,1-5H3,(H,25,26)/t16-,17-,18+,21-,22-/m1/s1. The number of carboxylic acid groups (broad SMARTS) is 1. The molecule has 1 saturated carbocycles. The molecule has 0 aliphatic heterocycles. The van der Waals surface area contributed by atoms with E-state index in [0.717, 1.165) is 25.7 Å². The number of fused-ring (bicyclic) bond motifs is 3. The van der Waals surface area contributed by atoms with E-state index in [4.69, 9.17) is 4.74 Å². The monoisotopic (exact) mass is 376 g/mol. The lowest BCUT2D eigenvalue weighted by molar-refractivity contribution is -0.147. The topological polar surface area (TPSA) is 83.8 Å². The third kappa shape index (κ3) is 3.24. The van der Waals surface area contributed by atoms with E-state index in [1.807, 2.05) is 0 Å². The van der Waals surface area contributed by atoms with Crippen LogP contribution in [-0.4, -0.2) is 34.4 Å². The fourth-order valence-electron chi connectivity index (χ4n) is 5.69. The van der Waals surface area contributed by atoms with Crippen molar-refractivity contribution in [2.45, 2.75) is 78.9 Å². The summed E-state index contributed by atoms with van der Waals surface area (Å²) in [6, 6.07) is 0. The van der Waals surface area contributed by atoms with Crippen molar-refractivity contribution in [3.05, 3.63) is 22.8 Å². The second-order valence-corrected chi connectivity index (χ2v) is 9.42. The summed E-state index contributed by atoms with van der Waals surface area (Å²) in [5, 5.41) is 20.7. The number of aliphatic carboxylic acids is 1. The number of hydrogen-bond acceptors (Lipinski definition) is 4. The van der Waals surface area contributed by atoms with E-state index in [9.17, 15) is 19.8 Å². The van der Waals surface area contributed by atoms with Crippen molar-refractivity contribution in [3.63, 3.8) is 0 Å². The molecule has 5 nitrogen and oxygen atoms in total. The van der Waals surface area contributed by atoms with Crippen LogP contribution in [0.4, 0.5) is 0 Å². The summed E-state index contributed by atoms with van der Waals surface area (Å²) < 4.78 is 5.44. The van der Waals surface area contributed by atoms with Crippen molar-refractivity contribution in [2.75, 3.05) is 0 Å². The van der Waals surface area contributed by atoms with Crippen molar-refractivity contribution in [3.8, 4) is 0 Å². The van der Waals surface area contributed by atoms with Crippen molar-refractivity contribution in [1.82, 2.24) is 0 Å². The highest BCUT2D eigenvalue weighted by atomic mass is 16.5. The average Bonchev–Trinajstić information content (AvgIpc) is 2.86. The lowest BCUT2D eigenvalue weighted by atomic mass is 9.54. The molecule has 0 aromatic rings. The third-order valence-corrected chi connectivity index (χ3v) is 7.36. The van der Waals surface area contributed by atoms with E-state index in [0.29, 0.717) is 12.3 Å². The summed E-state index contributed by atoms with van der Waals surface area (Å²) in [6.45, 7) is 10.1. The molecule has 5 heteroatoms. The Morgan fingerprint density at radius 1 is 1.22 bits per heavy atom. The number of ether oxygens (including phenoxy) is 1. The first-order chi connectivity index (χ1) is 12.5. The minimum atomic E-state index is -1.13. The Kier molecular flexibility index (Phi) is 5.04. The van der Waals surface area contributed by atoms with Gasteiger partial charge in [0, 0.05) is 12.3 Å². The van der Waals surface area contributed by atoms with Crippen molar-refractivity contribution >= 4 is 11.9 Å². The molecule has 5 atom stereocenters. The number of aliphatic hydroxyl groups is 1. The molecule has 0 spiro atoms. The molecule has 0 heterocycles.